The van der Waals surface area contributed by atoms with Gasteiger partial charge in [-0.15, -0.1) is 0 Å². The average Bonchev–Trinajstić information content (AvgIpc) is 3.18. The van der Waals surface area contributed by atoms with Crippen molar-refractivity contribution >= 4 is 0 Å². The molecule has 2 atom stereocenters. The van der Waals surface area contributed by atoms with Gasteiger partial charge in [-0.3, -0.25) is 4.90 Å². The van der Waals surface area contributed by atoms with Crippen molar-refractivity contribution in [1.29, 1.82) is 0 Å². The monoisotopic (exact) mass is 242 g/mol. The van der Waals surface area contributed by atoms with E-state index in [2.05, 4.69) is 4.90 Å². The van der Waals surface area contributed by atoms with E-state index in [-0.39, 0.29) is 18.7 Å². The molecule has 2 aliphatic rings. The van der Waals surface area contributed by atoms with Crippen LogP contribution in [0.3, 0.4) is 0 Å². The van der Waals surface area contributed by atoms with Gasteiger partial charge in [0.1, 0.15) is 0 Å². The van der Waals surface area contributed by atoms with Crippen LogP contribution < -0.4 is 5.73 Å². The molecule has 0 saturated heterocycles. The molecule has 2 rings (SSSR count). The molecule has 3 N–H and O–H groups in total. The first-order valence-electron chi connectivity index (χ1n) is 6.86. The van der Waals surface area contributed by atoms with Crippen LogP contribution in [0.2, 0.25) is 0 Å². The molecule has 2 fully saturated rings. The van der Waals surface area contributed by atoms with Crippen molar-refractivity contribution < 1.29 is 9.84 Å². The average molecular weight is 242 g/mol. The van der Waals surface area contributed by atoms with Gasteiger partial charge >= 0.3 is 0 Å². The minimum atomic E-state index is 0.0898. The lowest BCUT2D eigenvalue weighted by Crippen LogP contribution is -2.50. The van der Waals surface area contributed by atoms with E-state index in [1.165, 1.54) is 25.7 Å². The Labute approximate surface area is 104 Å². The zero-order chi connectivity index (χ0) is 12.3. The quantitative estimate of drug-likeness (QED) is 0.576. The first-order valence-corrected chi connectivity index (χ1v) is 6.86. The highest BCUT2D eigenvalue weighted by atomic mass is 16.5. The molecule has 0 heterocycles. The van der Waals surface area contributed by atoms with Gasteiger partial charge in [0.15, 0.2) is 0 Å². The molecule has 4 heteroatoms. The highest BCUT2D eigenvalue weighted by Crippen LogP contribution is 2.33. The fraction of sp³-hybridized carbons (Fsp3) is 1.00. The maximum Gasteiger partial charge on any atom is 0.0601 e. The van der Waals surface area contributed by atoms with E-state index in [1.807, 2.05) is 7.05 Å². The Kier molecular flexibility index (Phi) is 4.79. The van der Waals surface area contributed by atoms with E-state index in [4.69, 9.17) is 10.5 Å². The first kappa shape index (κ1) is 13.3. The summed E-state index contributed by atoms with van der Waals surface area (Å²) in [4.78, 5) is 2.15. The third-order valence-electron chi connectivity index (χ3n) is 4.00. The molecule has 0 aromatic rings. The van der Waals surface area contributed by atoms with Crippen LogP contribution in [-0.4, -0.2) is 55.5 Å². The second-order valence-electron chi connectivity index (χ2n) is 5.66. The normalized spacial score (nSPS) is 24.0. The van der Waals surface area contributed by atoms with Crippen molar-refractivity contribution in [2.24, 2.45) is 17.6 Å². The Morgan fingerprint density at radius 2 is 2.06 bits per heavy atom. The topological polar surface area (TPSA) is 58.7 Å². The summed E-state index contributed by atoms with van der Waals surface area (Å²) in [6, 6.07) is 0.209. The smallest absolute Gasteiger partial charge is 0.0601 e. The molecule has 0 radical (unpaired) electrons. The van der Waals surface area contributed by atoms with Crippen molar-refractivity contribution in [3.63, 3.8) is 0 Å². The van der Waals surface area contributed by atoms with Gasteiger partial charge in [0, 0.05) is 25.2 Å². The summed E-state index contributed by atoms with van der Waals surface area (Å²) in [5.41, 5.74) is 6.15. The largest absolute Gasteiger partial charge is 0.395 e. The molecule has 2 saturated carbocycles. The van der Waals surface area contributed by atoms with Gasteiger partial charge in [0.25, 0.3) is 0 Å². The van der Waals surface area contributed by atoms with Gasteiger partial charge in [-0.2, -0.15) is 0 Å². The van der Waals surface area contributed by atoms with E-state index in [1.54, 1.807) is 0 Å². The number of rotatable bonds is 9. The van der Waals surface area contributed by atoms with Crippen LogP contribution in [-0.2, 0) is 4.74 Å². The van der Waals surface area contributed by atoms with Crippen molar-refractivity contribution in [2.45, 2.75) is 37.8 Å². The fourth-order valence-corrected chi connectivity index (χ4v) is 2.26. The highest BCUT2D eigenvalue weighted by molar-refractivity contribution is 4.92. The SMILES string of the molecule is CN(CCOCC1CC1)C(CO)C(N)C1CC1. The minimum Gasteiger partial charge on any atom is -0.395 e. The Balaban J connectivity index is 1.62. The number of nitrogens with zero attached hydrogens (tertiary/aromatic N) is 1. The Morgan fingerprint density at radius 1 is 1.35 bits per heavy atom. The summed E-state index contributed by atoms with van der Waals surface area (Å²) >= 11 is 0. The maximum atomic E-state index is 9.44. The second kappa shape index (κ2) is 6.14. The van der Waals surface area contributed by atoms with Crippen LogP contribution in [0.4, 0.5) is 0 Å². The minimum absolute atomic E-state index is 0.0898. The summed E-state index contributed by atoms with van der Waals surface area (Å²) < 4.78 is 5.61. The number of likely N-dealkylation sites (N-methyl/N-ethyl adjacent to an activating group) is 1. The van der Waals surface area contributed by atoms with Crippen molar-refractivity contribution in [3.8, 4) is 0 Å². The summed E-state index contributed by atoms with van der Waals surface area (Å²) in [5, 5.41) is 9.44. The second-order valence-corrected chi connectivity index (χ2v) is 5.66. The van der Waals surface area contributed by atoms with Gasteiger partial charge in [-0.1, -0.05) is 0 Å². The molecule has 4 nitrogen and oxygen atoms in total. The number of aliphatic hydroxyl groups excluding tert-OH is 1. The van der Waals surface area contributed by atoms with Crippen LogP contribution in [0.25, 0.3) is 0 Å². The summed E-state index contributed by atoms with van der Waals surface area (Å²) in [6.07, 6.45) is 5.12. The van der Waals surface area contributed by atoms with Gasteiger partial charge in [0.2, 0.25) is 0 Å². The lowest BCUT2D eigenvalue weighted by Gasteiger charge is -2.31. The van der Waals surface area contributed by atoms with Gasteiger partial charge in [-0.25, -0.2) is 0 Å². The predicted octanol–water partition coefficient (Wildman–Crippen LogP) is 0.443. The van der Waals surface area contributed by atoms with E-state index >= 15 is 0 Å². The molecule has 0 bridgehead atoms. The van der Waals surface area contributed by atoms with Crippen molar-refractivity contribution in [3.05, 3.63) is 0 Å². The number of hydrogen-bond donors (Lipinski definition) is 2. The summed E-state index contributed by atoms with van der Waals surface area (Å²) in [6.45, 7) is 2.67. The molecular formula is C13H26N2O2. The molecule has 0 aromatic carbocycles. The molecular weight excluding hydrogens is 216 g/mol. The van der Waals surface area contributed by atoms with E-state index < -0.39 is 0 Å². The predicted molar refractivity (Wildman–Crippen MR) is 67.7 cm³/mol. The zero-order valence-electron chi connectivity index (χ0n) is 10.8. The number of hydrogen-bond acceptors (Lipinski definition) is 4. The van der Waals surface area contributed by atoms with Crippen LogP contribution in [0.1, 0.15) is 25.7 Å². The van der Waals surface area contributed by atoms with Crippen molar-refractivity contribution in [2.75, 3.05) is 33.4 Å². The van der Waals surface area contributed by atoms with Crippen LogP contribution in [0.5, 0.6) is 0 Å². The summed E-state index contributed by atoms with van der Waals surface area (Å²) in [5.74, 6) is 1.45. The molecule has 0 aromatic heterocycles. The lowest BCUT2D eigenvalue weighted by molar-refractivity contribution is 0.0661. The van der Waals surface area contributed by atoms with Crippen LogP contribution >= 0.6 is 0 Å². The highest BCUT2D eigenvalue weighted by Gasteiger charge is 2.35. The molecule has 100 valence electrons. The van der Waals surface area contributed by atoms with E-state index in [0.717, 1.165) is 25.7 Å². The molecule has 2 unspecified atom stereocenters. The Morgan fingerprint density at radius 3 is 2.59 bits per heavy atom. The van der Waals surface area contributed by atoms with Gasteiger partial charge < -0.3 is 15.6 Å². The van der Waals surface area contributed by atoms with Crippen molar-refractivity contribution in [1.82, 2.24) is 4.90 Å². The van der Waals surface area contributed by atoms with E-state index in [9.17, 15) is 5.11 Å². The Bertz CT molecular complexity index is 229. The molecule has 0 aliphatic heterocycles. The molecule has 0 spiro atoms. The first-order chi connectivity index (χ1) is 8.22. The third-order valence-corrected chi connectivity index (χ3v) is 4.00. The maximum absolute atomic E-state index is 9.44. The van der Waals surface area contributed by atoms with Gasteiger partial charge in [0.05, 0.1) is 13.2 Å². The van der Waals surface area contributed by atoms with Crippen LogP contribution in [0, 0.1) is 11.8 Å². The lowest BCUT2D eigenvalue weighted by atomic mass is 10.0. The molecule has 17 heavy (non-hydrogen) atoms. The number of aliphatic hydroxyl groups is 1. The van der Waals surface area contributed by atoms with Gasteiger partial charge in [-0.05, 0) is 44.6 Å². The number of nitrogens with two attached hydrogens (primary N) is 1. The standard InChI is InChI=1S/C13H26N2O2/c1-15(6-7-17-9-10-2-3-10)12(8-16)13(14)11-4-5-11/h10-13,16H,2-9,14H2,1H3. The van der Waals surface area contributed by atoms with E-state index in [0.29, 0.717) is 5.92 Å². The zero-order valence-corrected chi connectivity index (χ0v) is 10.8. The third kappa shape index (κ3) is 4.21. The number of ether oxygens (including phenoxy) is 1. The van der Waals surface area contributed by atoms with Crippen LogP contribution in [0.15, 0.2) is 0 Å². The fourth-order valence-electron chi connectivity index (χ4n) is 2.26. The molecule has 2 aliphatic carbocycles. The Hall–Kier alpha value is -0.160. The molecule has 0 amide bonds. The summed E-state index contributed by atoms with van der Waals surface area (Å²) in [7, 11) is 2.03.